The molecule has 8 heteroatoms. The van der Waals surface area contributed by atoms with Crippen LogP contribution in [0.15, 0.2) is 48.5 Å². The van der Waals surface area contributed by atoms with Crippen LogP contribution in [0.25, 0.3) is 11.1 Å². The van der Waals surface area contributed by atoms with Gasteiger partial charge in [-0.1, -0.05) is 30.3 Å². The van der Waals surface area contributed by atoms with Crippen molar-refractivity contribution in [2.45, 2.75) is 6.18 Å². The molecule has 0 radical (unpaired) electrons. The molecule has 0 bridgehead atoms. The van der Waals surface area contributed by atoms with Crippen LogP contribution >= 0.6 is 0 Å². The molecule has 0 aliphatic carbocycles. The van der Waals surface area contributed by atoms with E-state index in [1.54, 1.807) is 7.11 Å². The average Bonchev–Trinajstić information content (AvgIpc) is 3.30. The number of carboxylic acids is 1. The van der Waals surface area contributed by atoms with E-state index >= 15 is 0 Å². The lowest BCUT2D eigenvalue weighted by Gasteiger charge is -2.21. The molecule has 29 heavy (non-hydrogen) atoms. The van der Waals surface area contributed by atoms with Gasteiger partial charge in [0, 0.05) is 43.5 Å². The Morgan fingerprint density at radius 1 is 1.10 bits per heavy atom. The van der Waals surface area contributed by atoms with E-state index < -0.39 is 12.1 Å². The summed E-state index contributed by atoms with van der Waals surface area (Å²) in [5.41, 5.74) is 3.65. The third kappa shape index (κ3) is 5.00. The summed E-state index contributed by atoms with van der Waals surface area (Å²) < 4.78 is 37.4. The largest absolute Gasteiger partial charge is 0.496 e. The third-order valence-electron chi connectivity index (χ3n) is 5.27. The first-order valence-electron chi connectivity index (χ1n) is 9.29. The highest BCUT2D eigenvalue weighted by Gasteiger charge is 2.38. The summed E-state index contributed by atoms with van der Waals surface area (Å²) in [7, 11) is 1.76. The SMILES string of the molecule is COc1cc(N2CC3CNCC3C2)ccc1-c1ccccc1.O=C(O)C(F)(F)F. The molecule has 5 nitrogen and oxygen atoms in total. The Kier molecular flexibility index (Phi) is 6.32. The third-order valence-corrected chi connectivity index (χ3v) is 5.27. The molecule has 2 fully saturated rings. The van der Waals surface area contributed by atoms with Crippen molar-refractivity contribution in [3.8, 4) is 16.9 Å². The maximum Gasteiger partial charge on any atom is 0.490 e. The molecule has 2 saturated heterocycles. The molecule has 2 atom stereocenters. The lowest BCUT2D eigenvalue weighted by molar-refractivity contribution is -0.192. The zero-order valence-electron chi connectivity index (χ0n) is 15.9. The van der Waals surface area contributed by atoms with E-state index in [1.165, 1.54) is 24.3 Å². The summed E-state index contributed by atoms with van der Waals surface area (Å²) in [6.07, 6.45) is -5.08. The average molecular weight is 408 g/mol. The molecule has 156 valence electrons. The van der Waals surface area contributed by atoms with Crippen LogP contribution in [0.3, 0.4) is 0 Å². The number of hydrogen-bond donors (Lipinski definition) is 2. The molecule has 0 spiro atoms. The number of benzene rings is 2. The van der Waals surface area contributed by atoms with E-state index in [9.17, 15) is 13.2 Å². The number of carbonyl (C=O) groups is 1. The molecular formula is C21H23F3N2O3. The van der Waals surface area contributed by atoms with Gasteiger partial charge in [-0.15, -0.1) is 0 Å². The number of aliphatic carboxylic acids is 1. The minimum atomic E-state index is -5.08. The summed E-state index contributed by atoms with van der Waals surface area (Å²) in [6, 6.07) is 17.1. The van der Waals surface area contributed by atoms with Gasteiger partial charge in [0.2, 0.25) is 0 Å². The van der Waals surface area contributed by atoms with Gasteiger partial charge in [-0.05, 0) is 29.5 Å². The van der Waals surface area contributed by atoms with Crippen molar-refractivity contribution >= 4 is 11.7 Å². The molecular weight excluding hydrogens is 385 g/mol. The molecule has 0 aromatic heterocycles. The topological polar surface area (TPSA) is 61.8 Å². The standard InChI is InChI=1S/C19H22N2O.C2HF3O2/c1-22-19-9-17(21-12-15-10-20-11-16(15)13-21)7-8-18(19)14-5-3-2-4-6-14;3-2(4,5)1(6)7/h2-9,15-16,20H,10-13H2,1H3;(H,6,7). The van der Waals surface area contributed by atoms with Gasteiger partial charge in [-0.25, -0.2) is 4.79 Å². The fraction of sp³-hybridized carbons (Fsp3) is 0.381. The van der Waals surface area contributed by atoms with E-state index in [0.29, 0.717) is 0 Å². The zero-order chi connectivity index (χ0) is 21.0. The number of nitrogens with one attached hydrogen (secondary N) is 1. The van der Waals surface area contributed by atoms with Crippen molar-refractivity contribution in [3.63, 3.8) is 0 Å². The summed E-state index contributed by atoms with van der Waals surface area (Å²) in [4.78, 5) is 11.4. The Morgan fingerprint density at radius 2 is 1.69 bits per heavy atom. The minimum Gasteiger partial charge on any atom is -0.496 e. The number of fused-ring (bicyclic) bond motifs is 1. The fourth-order valence-electron chi connectivity index (χ4n) is 3.80. The van der Waals surface area contributed by atoms with Crippen molar-refractivity contribution in [1.82, 2.24) is 5.32 Å². The van der Waals surface area contributed by atoms with Gasteiger partial charge < -0.3 is 20.1 Å². The van der Waals surface area contributed by atoms with Gasteiger partial charge in [-0.3, -0.25) is 0 Å². The number of hydrogen-bond acceptors (Lipinski definition) is 4. The number of alkyl halides is 3. The maximum atomic E-state index is 10.6. The fourth-order valence-corrected chi connectivity index (χ4v) is 3.80. The molecule has 2 heterocycles. The van der Waals surface area contributed by atoms with Crippen LogP contribution < -0.4 is 15.0 Å². The number of carboxylic acid groups (broad SMARTS) is 1. The number of ether oxygens (including phenoxy) is 1. The van der Waals surface area contributed by atoms with Crippen LogP contribution in [-0.2, 0) is 4.79 Å². The molecule has 0 saturated carbocycles. The molecule has 2 N–H and O–H groups in total. The summed E-state index contributed by atoms with van der Waals surface area (Å²) in [6.45, 7) is 4.65. The zero-order valence-corrected chi connectivity index (χ0v) is 15.9. The molecule has 2 aliphatic heterocycles. The highest BCUT2D eigenvalue weighted by molar-refractivity contribution is 5.74. The first kappa shape index (κ1) is 21.0. The number of anilines is 1. The number of nitrogens with zero attached hydrogens (tertiary/aromatic N) is 1. The summed E-state index contributed by atoms with van der Waals surface area (Å²) in [5.74, 6) is -0.189. The van der Waals surface area contributed by atoms with Gasteiger partial charge in [0.15, 0.2) is 0 Å². The molecule has 2 unspecified atom stereocenters. The van der Waals surface area contributed by atoms with Crippen molar-refractivity contribution in [2.24, 2.45) is 11.8 Å². The first-order valence-corrected chi connectivity index (χ1v) is 9.29. The van der Waals surface area contributed by atoms with Gasteiger partial charge in [0.05, 0.1) is 7.11 Å². The Hall–Kier alpha value is -2.74. The Bertz CT molecular complexity index is 831. The van der Waals surface area contributed by atoms with E-state index in [2.05, 4.69) is 52.7 Å². The van der Waals surface area contributed by atoms with Gasteiger partial charge >= 0.3 is 12.1 Å². The van der Waals surface area contributed by atoms with Crippen molar-refractivity contribution in [2.75, 3.05) is 38.2 Å². The molecule has 2 aromatic rings. The normalized spacial score (nSPS) is 20.6. The van der Waals surface area contributed by atoms with Gasteiger partial charge in [0.25, 0.3) is 0 Å². The Balaban J connectivity index is 0.000000298. The second-order valence-corrected chi connectivity index (χ2v) is 7.14. The molecule has 0 amide bonds. The smallest absolute Gasteiger partial charge is 0.490 e. The van der Waals surface area contributed by atoms with E-state index in [4.69, 9.17) is 14.6 Å². The van der Waals surface area contributed by atoms with Crippen LogP contribution in [0.1, 0.15) is 0 Å². The van der Waals surface area contributed by atoms with Crippen molar-refractivity contribution < 1.29 is 27.8 Å². The Labute approximate surface area is 167 Å². The summed E-state index contributed by atoms with van der Waals surface area (Å²) in [5, 5.41) is 10.6. The van der Waals surface area contributed by atoms with Crippen LogP contribution in [0.2, 0.25) is 0 Å². The number of halogens is 3. The van der Waals surface area contributed by atoms with Crippen LogP contribution in [-0.4, -0.2) is 50.5 Å². The van der Waals surface area contributed by atoms with Crippen molar-refractivity contribution in [3.05, 3.63) is 48.5 Å². The monoisotopic (exact) mass is 408 g/mol. The van der Waals surface area contributed by atoms with E-state index in [-0.39, 0.29) is 0 Å². The number of rotatable bonds is 3. The quantitative estimate of drug-likeness (QED) is 0.812. The maximum absolute atomic E-state index is 10.6. The van der Waals surface area contributed by atoms with Crippen LogP contribution in [0.5, 0.6) is 5.75 Å². The molecule has 4 rings (SSSR count). The van der Waals surface area contributed by atoms with Crippen LogP contribution in [0, 0.1) is 11.8 Å². The minimum absolute atomic E-state index is 0.805. The van der Waals surface area contributed by atoms with Gasteiger partial charge in [-0.2, -0.15) is 13.2 Å². The highest BCUT2D eigenvalue weighted by atomic mass is 19.4. The predicted molar refractivity (Wildman–Crippen MR) is 104 cm³/mol. The van der Waals surface area contributed by atoms with Gasteiger partial charge in [0.1, 0.15) is 5.75 Å². The predicted octanol–water partition coefficient (Wildman–Crippen LogP) is 3.65. The summed E-state index contributed by atoms with van der Waals surface area (Å²) >= 11 is 0. The molecule has 2 aromatic carbocycles. The Morgan fingerprint density at radius 3 is 2.21 bits per heavy atom. The van der Waals surface area contributed by atoms with E-state index in [1.807, 2.05) is 6.07 Å². The highest BCUT2D eigenvalue weighted by Crippen LogP contribution is 2.36. The lowest BCUT2D eigenvalue weighted by Crippen LogP contribution is -2.25. The van der Waals surface area contributed by atoms with E-state index in [0.717, 1.165) is 36.2 Å². The first-order chi connectivity index (χ1) is 13.8. The number of methoxy groups -OCH3 is 1. The molecule has 2 aliphatic rings. The second kappa shape index (κ2) is 8.73. The van der Waals surface area contributed by atoms with Crippen LogP contribution in [0.4, 0.5) is 18.9 Å². The second-order valence-electron chi connectivity index (χ2n) is 7.14. The van der Waals surface area contributed by atoms with Crippen molar-refractivity contribution in [1.29, 1.82) is 0 Å². The lowest BCUT2D eigenvalue weighted by atomic mass is 10.0.